The van der Waals surface area contributed by atoms with E-state index in [4.69, 9.17) is 4.74 Å². The van der Waals surface area contributed by atoms with Crippen molar-refractivity contribution in [3.8, 4) is 5.75 Å². The first kappa shape index (κ1) is 21.0. The lowest BCUT2D eigenvalue weighted by Crippen LogP contribution is -2.34. The molecule has 0 radical (unpaired) electrons. The lowest BCUT2D eigenvalue weighted by molar-refractivity contribution is 0.0621. The van der Waals surface area contributed by atoms with Crippen LogP contribution in [0.5, 0.6) is 5.75 Å². The lowest BCUT2D eigenvalue weighted by atomic mass is 9.60. The van der Waals surface area contributed by atoms with Crippen molar-refractivity contribution in [2.45, 2.75) is 89.9 Å². The van der Waals surface area contributed by atoms with E-state index in [2.05, 4.69) is 43.3 Å². The van der Waals surface area contributed by atoms with E-state index in [-0.39, 0.29) is 0 Å². The zero-order valence-electron chi connectivity index (χ0n) is 18.8. The predicted molar refractivity (Wildman–Crippen MR) is 123 cm³/mol. The van der Waals surface area contributed by atoms with Gasteiger partial charge in [0.15, 0.2) is 0 Å². The van der Waals surface area contributed by atoms with Gasteiger partial charge in [-0.05, 0) is 131 Å². The molecule has 4 unspecified atom stereocenters. The number of methoxy groups -OCH3 is 1. The molecule has 160 valence electrons. The van der Waals surface area contributed by atoms with Crippen LogP contribution in [0.1, 0.15) is 95.5 Å². The third-order valence-corrected chi connectivity index (χ3v) is 8.77. The predicted octanol–water partition coefficient (Wildman–Crippen LogP) is 8.16. The molecular formula is C28H42O. The van der Waals surface area contributed by atoms with Gasteiger partial charge in [0, 0.05) is 0 Å². The number of rotatable bonds is 6. The second-order valence-electron chi connectivity index (χ2n) is 10.3. The average molecular weight is 395 g/mol. The van der Waals surface area contributed by atoms with E-state index in [1.54, 1.807) is 20.0 Å². The first-order valence-electron chi connectivity index (χ1n) is 12.5. The van der Waals surface area contributed by atoms with Gasteiger partial charge in [0.1, 0.15) is 5.75 Å². The van der Waals surface area contributed by atoms with Gasteiger partial charge in [-0.25, -0.2) is 0 Å². The summed E-state index contributed by atoms with van der Waals surface area (Å²) < 4.78 is 5.32. The van der Waals surface area contributed by atoms with Gasteiger partial charge in [0.25, 0.3) is 0 Å². The van der Waals surface area contributed by atoms with Crippen LogP contribution in [-0.2, 0) is 0 Å². The van der Waals surface area contributed by atoms with Gasteiger partial charge in [-0.1, -0.05) is 30.7 Å². The van der Waals surface area contributed by atoms with Crippen molar-refractivity contribution >= 4 is 0 Å². The summed E-state index contributed by atoms with van der Waals surface area (Å²) in [6, 6.07) is 8.86. The molecule has 3 fully saturated rings. The summed E-state index contributed by atoms with van der Waals surface area (Å²) in [6.07, 6.45) is 22.3. The summed E-state index contributed by atoms with van der Waals surface area (Å²) in [6.45, 7) is 2.16. The Labute approximate surface area is 179 Å². The van der Waals surface area contributed by atoms with Crippen molar-refractivity contribution < 1.29 is 4.74 Å². The molecule has 3 aliphatic carbocycles. The minimum Gasteiger partial charge on any atom is -0.497 e. The molecular weight excluding hydrogens is 352 g/mol. The Balaban J connectivity index is 1.23. The summed E-state index contributed by atoms with van der Waals surface area (Å²) >= 11 is 0. The molecule has 0 N–H and O–H groups in total. The highest BCUT2D eigenvalue weighted by Gasteiger charge is 2.38. The summed E-state index contributed by atoms with van der Waals surface area (Å²) in [5.41, 5.74) is 1.53. The maximum Gasteiger partial charge on any atom is 0.118 e. The molecule has 0 amide bonds. The van der Waals surface area contributed by atoms with Gasteiger partial charge in [-0.2, -0.15) is 0 Å². The van der Waals surface area contributed by atoms with Crippen molar-refractivity contribution in [2.75, 3.05) is 7.11 Å². The number of hydrogen-bond donors (Lipinski definition) is 0. The van der Waals surface area contributed by atoms with Crippen LogP contribution in [0.3, 0.4) is 0 Å². The van der Waals surface area contributed by atoms with Crippen LogP contribution in [0.15, 0.2) is 36.4 Å². The van der Waals surface area contributed by atoms with E-state index >= 15 is 0 Å². The monoisotopic (exact) mass is 394 g/mol. The minimum absolute atomic E-state index is 0.779. The third kappa shape index (κ3) is 5.28. The maximum absolute atomic E-state index is 5.32. The molecule has 0 spiro atoms. The van der Waals surface area contributed by atoms with Crippen LogP contribution < -0.4 is 4.74 Å². The van der Waals surface area contributed by atoms with E-state index in [9.17, 15) is 0 Å². The molecule has 1 nitrogen and oxygen atoms in total. The van der Waals surface area contributed by atoms with Gasteiger partial charge >= 0.3 is 0 Å². The highest BCUT2D eigenvalue weighted by molar-refractivity contribution is 5.29. The number of hydrogen-bond acceptors (Lipinski definition) is 1. The average Bonchev–Trinajstić information content (AvgIpc) is 2.79. The second kappa shape index (κ2) is 10.2. The molecule has 0 heterocycles. The fourth-order valence-electron chi connectivity index (χ4n) is 7.01. The molecule has 4 rings (SSSR count). The molecule has 3 saturated carbocycles. The first-order chi connectivity index (χ1) is 14.3. The van der Waals surface area contributed by atoms with Crippen molar-refractivity contribution in [3.63, 3.8) is 0 Å². The molecule has 1 heteroatoms. The highest BCUT2D eigenvalue weighted by Crippen LogP contribution is 2.50. The third-order valence-electron chi connectivity index (χ3n) is 8.77. The maximum atomic E-state index is 5.32. The lowest BCUT2D eigenvalue weighted by Gasteiger charge is -2.45. The van der Waals surface area contributed by atoms with E-state index < -0.39 is 0 Å². The van der Waals surface area contributed by atoms with Gasteiger partial charge < -0.3 is 4.74 Å². The number of allylic oxidation sites excluding steroid dienone is 2. The van der Waals surface area contributed by atoms with Gasteiger partial charge in [0.2, 0.25) is 0 Å². The normalized spacial score (nSPS) is 35.4. The van der Waals surface area contributed by atoms with Crippen LogP contribution in [-0.4, -0.2) is 7.11 Å². The molecule has 0 saturated heterocycles. The van der Waals surface area contributed by atoms with Crippen molar-refractivity contribution in [2.24, 2.45) is 29.6 Å². The van der Waals surface area contributed by atoms with Crippen molar-refractivity contribution in [1.82, 2.24) is 0 Å². The zero-order chi connectivity index (χ0) is 20.1. The molecule has 0 aromatic heterocycles. The fourth-order valence-corrected chi connectivity index (χ4v) is 7.01. The van der Waals surface area contributed by atoms with Crippen LogP contribution in [0.4, 0.5) is 0 Å². The Morgan fingerprint density at radius 2 is 1.41 bits per heavy atom. The first-order valence-corrected chi connectivity index (χ1v) is 12.5. The second-order valence-corrected chi connectivity index (χ2v) is 10.3. The summed E-state index contributed by atoms with van der Waals surface area (Å²) in [5.74, 6) is 6.95. The van der Waals surface area contributed by atoms with Crippen molar-refractivity contribution in [3.05, 3.63) is 42.0 Å². The fraction of sp³-hybridized carbons (Fsp3) is 0.714. The molecule has 0 aliphatic heterocycles. The van der Waals surface area contributed by atoms with E-state index in [0.29, 0.717) is 0 Å². The molecule has 1 aromatic carbocycles. The summed E-state index contributed by atoms with van der Waals surface area (Å²) in [7, 11) is 1.76. The topological polar surface area (TPSA) is 9.23 Å². The summed E-state index contributed by atoms with van der Waals surface area (Å²) in [4.78, 5) is 0. The minimum atomic E-state index is 0.779. The van der Waals surface area contributed by atoms with Crippen LogP contribution >= 0.6 is 0 Å². The van der Waals surface area contributed by atoms with Crippen LogP contribution in [0, 0.1) is 29.6 Å². The Hall–Kier alpha value is -1.24. The molecule has 0 bridgehead atoms. The number of benzene rings is 1. The Kier molecular flexibility index (Phi) is 7.38. The van der Waals surface area contributed by atoms with Gasteiger partial charge in [-0.3, -0.25) is 0 Å². The van der Waals surface area contributed by atoms with E-state index in [0.717, 1.165) is 41.3 Å². The van der Waals surface area contributed by atoms with Gasteiger partial charge in [0.05, 0.1) is 7.11 Å². The molecule has 1 aromatic rings. The smallest absolute Gasteiger partial charge is 0.118 e. The SMILES string of the molecule is C/C=C/CCC1CCC2CC(C3CCC(c4ccc(OC)cc4)CC3)CCC2C1. The van der Waals surface area contributed by atoms with Crippen LogP contribution in [0.25, 0.3) is 0 Å². The largest absolute Gasteiger partial charge is 0.497 e. The Bertz CT molecular complexity index is 637. The zero-order valence-corrected chi connectivity index (χ0v) is 18.8. The van der Waals surface area contributed by atoms with Crippen LogP contribution in [0.2, 0.25) is 0 Å². The van der Waals surface area contributed by atoms with E-state index in [1.807, 2.05) is 0 Å². The molecule has 4 atom stereocenters. The Morgan fingerprint density at radius 3 is 2.10 bits per heavy atom. The standard InChI is InChI=1S/C28H42O/c1-3-4-5-6-21-7-8-27-20-26(14-13-25(27)19-21)24-11-9-22(10-12-24)23-15-17-28(29-2)18-16-23/h3-4,15-18,21-22,24-27H,5-14,19-20H2,1-2H3/b4-3+. The Morgan fingerprint density at radius 1 is 0.793 bits per heavy atom. The van der Waals surface area contributed by atoms with E-state index in [1.165, 1.54) is 69.8 Å². The quantitative estimate of drug-likeness (QED) is 0.442. The highest BCUT2D eigenvalue weighted by atomic mass is 16.5. The number of ether oxygens (including phenoxy) is 1. The molecule has 3 aliphatic rings. The van der Waals surface area contributed by atoms with Crippen molar-refractivity contribution in [1.29, 1.82) is 0 Å². The van der Waals surface area contributed by atoms with Gasteiger partial charge in [-0.15, -0.1) is 0 Å². The summed E-state index contributed by atoms with van der Waals surface area (Å²) in [5, 5.41) is 0. The molecule has 29 heavy (non-hydrogen) atoms. The number of fused-ring (bicyclic) bond motifs is 1.